The zero-order valence-corrected chi connectivity index (χ0v) is 11.0. The molecule has 0 aromatic heterocycles. The Bertz CT molecular complexity index is 222. The van der Waals surface area contributed by atoms with Gasteiger partial charge in [-0.15, -0.1) is 0 Å². The average Bonchev–Trinajstić information content (AvgIpc) is 2.20. The van der Waals surface area contributed by atoms with Gasteiger partial charge in [0.2, 0.25) is 5.91 Å². The standard InChI is InChI=1S/C13H25NO2/c1-10(2)7-5-6-8-13(16)14-9-12(15)11(3)4/h10-11H,5-9H2,1-4H3,(H,14,16). The summed E-state index contributed by atoms with van der Waals surface area (Å²) in [7, 11) is 0. The number of ketones is 1. The fourth-order valence-corrected chi connectivity index (χ4v) is 1.32. The van der Waals surface area contributed by atoms with Gasteiger partial charge in [0.25, 0.3) is 0 Å². The molecule has 0 fully saturated rings. The highest BCUT2D eigenvalue weighted by Gasteiger charge is 2.08. The molecule has 0 saturated carbocycles. The van der Waals surface area contributed by atoms with Gasteiger partial charge in [0.15, 0.2) is 5.78 Å². The Morgan fingerprint density at radius 2 is 1.69 bits per heavy atom. The predicted octanol–water partition coefficient (Wildman–Crippen LogP) is 2.54. The Hall–Kier alpha value is -0.860. The molecular weight excluding hydrogens is 202 g/mol. The maximum Gasteiger partial charge on any atom is 0.220 e. The highest BCUT2D eigenvalue weighted by atomic mass is 16.2. The van der Waals surface area contributed by atoms with Gasteiger partial charge in [0.05, 0.1) is 6.54 Å². The highest BCUT2D eigenvalue weighted by molar-refractivity contribution is 5.87. The van der Waals surface area contributed by atoms with E-state index in [9.17, 15) is 9.59 Å². The maximum absolute atomic E-state index is 11.4. The smallest absolute Gasteiger partial charge is 0.220 e. The van der Waals surface area contributed by atoms with E-state index < -0.39 is 0 Å². The molecule has 94 valence electrons. The number of unbranched alkanes of at least 4 members (excludes halogenated alkanes) is 1. The van der Waals surface area contributed by atoms with Crippen LogP contribution < -0.4 is 5.32 Å². The number of amides is 1. The van der Waals surface area contributed by atoms with E-state index in [1.165, 1.54) is 0 Å². The fraction of sp³-hybridized carbons (Fsp3) is 0.846. The number of hydrogen-bond acceptors (Lipinski definition) is 2. The molecule has 0 aromatic carbocycles. The molecular formula is C13H25NO2. The van der Waals surface area contributed by atoms with Crippen molar-refractivity contribution < 1.29 is 9.59 Å². The molecule has 0 aliphatic rings. The van der Waals surface area contributed by atoms with Gasteiger partial charge in [-0.2, -0.15) is 0 Å². The Labute approximate surface area is 99.0 Å². The first kappa shape index (κ1) is 15.1. The van der Waals surface area contributed by atoms with Crippen LogP contribution >= 0.6 is 0 Å². The first-order valence-electron chi connectivity index (χ1n) is 6.23. The molecule has 3 nitrogen and oxygen atoms in total. The van der Waals surface area contributed by atoms with Crippen molar-refractivity contribution in [3.8, 4) is 0 Å². The second-order valence-corrected chi connectivity index (χ2v) is 5.04. The van der Waals surface area contributed by atoms with Gasteiger partial charge in [-0.1, -0.05) is 40.5 Å². The molecule has 0 spiro atoms. The molecule has 0 aliphatic heterocycles. The zero-order valence-electron chi connectivity index (χ0n) is 11.0. The van der Waals surface area contributed by atoms with Gasteiger partial charge in [-0.25, -0.2) is 0 Å². The molecule has 0 radical (unpaired) electrons. The van der Waals surface area contributed by atoms with E-state index in [2.05, 4.69) is 19.2 Å². The highest BCUT2D eigenvalue weighted by Crippen LogP contribution is 2.07. The Morgan fingerprint density at radius 3 is 2.19 bits per heavy atom. The van der Waals surface area contributed by atoms with E-state index in [0.717, 1.165) is 19.3 Å². The Kier molecular flexibility index (Phi) is 7.86. The van der Waals surface area contributed by atoms with E-state index in [0.29, 0.717) is 12.3 Å². The normalized spacial score (nSPS) is 10.9. The number of Topliss-reactive ketones (excluding diaryl/α,β-unsaturated/α-hetero) is 1. The molecule has 0 aliphatic carbocycles. The van der Waals surface area contributed by atoms with Gasteiger partial charge in [-0.3, -0.25) is 9.59 Å². The first-order chi connectivity index (χ1) is 7.43. The quantitative estimate of drug-likeness (QED) is 0.648. The minimum atomic E-state index is -0.00208. The van der Waals surface area contributed by atoms with Gasteiger partial charge in [-0.05, 0) is 12.3 Å². The lowest BCUT2D eigenvalue weighted by atomic mass is 10.1. The lowest BCUT2D eigenvalue weighted by Crippen LogP contribution is -2.31. The van der Waals surface area contributed by atoms with E-state index in [1.807, 2.05) is 13.8 Å². The van der Waals surface area contributed by atoms with Gasteiger partial charge < -0.3 is 5.32 Å². The van der Waals surface area contributed by atoms with Crippen LogP contribution in [0, 0.1) is 11.8 Å². The van der Waals surface area contributed by atoms with Gasteiger partial charge >= 0.3 is 0 Å². The number of carbonyl (C=O) groups excluding carboxylic acids is 2. The Morgan fingerprint density at radius 1 is 1.06 bits per heavy atom. The molecule has 0 bridgehead atoms. The van der Waals surface area contributed by atoms with Crippen LogP contribution in [0.1, 0.15) is 53.4 Å². The monoisotopic (exact) mass is 227 g/mol. The van der Waals surface area contributed by atoms with Crippen molar-refractivity contribution in [3.63, 3.8) is 0 Å². The summed E-state index contributed by atoms with van der Waals surface area (Å²) in [5, 5.41) is 2.66. The lowest BCUT2D eigenvalue weighted by Gasteiger charge is -2.07. The number of rotatable bonds is 8. The first-order valence-corrected chi connectivity index (χ1v) is 6.23. The van der Waals surface area contributed by atoms with Crippen molar-refractivity contribution >= 4 is 11.7 Å². The lowest BCUT2D eigenvalue weighted by molar-refractivity contribution is -0.126. The molecule has 0 unspecified atom stereocenters. The summed E-state index contributed by atoms with van der Waals surface area (Å²) in [4.78, 5) is 22.6. The molecule has 1 N–H and O–H groups in total. The molecule has 1 amide bonds. The van der Waals surface area contributed by atoms with Gasteiger partial charge in [0.1, 0.15) is 0 Å². The summed E-state index contributed by atoms with van der Waals surface area (Å²) >= 11 is 0. The van der Waals surface area contributed by atoms with E-state index in [-0.39, 0.29) is 24.2 Å². The van der Waals surface area contributed by atoms with E-state index in [4.69, 9.17) is 0 Å². The van der Waals surface area contributed by atoms with Crippen LogP contribution in [-0.2, 0) is 9.59 Å². The second-order valence-electron chi connectivity index (χ2n) is 5.04. The van der Waals surface area contributed by atoms with Crippen LogP contribution in [0.2, 0.25) is 0 Å². The summed E-state index contributed by atoms with van der Waals surface area (Å²) in [6.07, 6.45) is 3.71. The molecule has 3 heteroatoms. The van der Waals surface area contributed by atoms with Crippen LogP contribution in [0.4, 0.5) is 0 Å². The Balaban J connectivity index is 3.49. The molecule has 0 atom stereocenters. The van der Waals surface area contributed by atoms with Crippen molar-refractivity contribution in [2.45, 2.75) is 53.4 Å². The van der Waals surface area contributed by atoms with Crippen LogP contribution in [0.25, 0.3) is 0 Å². The average molecular weight is 227 g/mol. The minimum Gasteiger partial charge on any atom is -0.349 e. The minimum absolute atomic E-state index is 0.00115. The summed E-state index contributed by atoms with van der Waals surface area (Å²) in [5.74, 6) is 0.792. The van der Waals surface area contributed by atoms with Crippen molar-refractivity contribution in [2.75, 3.05) is 6.54 Å². The van der Waals surface area contributed by atoms with Crippen molar-refractivity contribution in [1.29, 1.82) is 0 Å². The third kappa shape index (κ3) is 8.45. The molecule has 0 heterocycles. The molecule has 0 saturated heterocycles. The van der Waals surface area contributed by atoms with Crippen LogP contribution in [0.3, 0.4) is 0 Å². The van der Waals surface area contributed by atoms with Crippen molar-refractivity contribution in [2.24, 2.45) is 11.8 Å². The number of hydrogen-bond donors (Lipinski definition) is 1. The third-order valence-corrected chi connectivity index (χ3v) is 2.54. The topological polar surface area (TPSA) is 46.2 Å². The summed E-state index contributed by atoms with van der Waals surface area (Å²) in [5.41, 5.74) is 0. The molecule has 0 rings (SSSR count). The zero-order chi connectivity index (χ0) is 12.6. The van der Waals surface area contributed by atoms with Crippen molar-refractivity contribution in [1.82, 2.24) is 5.32 Å². The summed E-state index contributed by atoms with van der Waals surface area (Å²) < 4.78 is 0. The molecule has 16 heavy (non-hydrogen) atoms. The summed E-state index contributed by atoms with van der Waals surface area (Å²) in [6, 6.07) is 0. The third-order valence-electron chi connectivity index (χ3n) is 2.54. The second kappa shape index (κ2) is 8.31. The van der Waals surface area contributed by atoms with Crippen LogP contribution in [0.15, 0.2) is 0 Å². The fourth-order valence-electron chi connectivity index (χ4n) is 1.32. The van der Waals surface area contributed by atoms with Gasteiger partial charge in [0, 0.05) is 12.3 Å². The summed E-state index contributed by atoms with van der Waals surface area (Å²) in [6.45, 7) is 8.23. The van der Waals surface area contributed by atoms with Crippen LogP contribution in [-0.4, -0.2) is 18.2 Å². The SMILES string of the molecule is CC(C)CCCCC(=O)NCC(=O)C(C)C. The van der Waals surface area contributed by atoms with Crippen LogP contribution in [0.5, 0.6) is 0 Å². The number of nitrogens with one attached hydrogen (secondary N) is 1. The van der Waals surface area contributed by atoms with E-state index in [1.54, 1.807) is 0 Å². The van der Waals surface area contributed by atoms with E-state index >= 15 is 0 Å². The van der Waals surface area contributed by atoms with Crippen molar-refractivity contribution in [3.05, 3.63) is 0 Å². The predicted molar refractivity (Wildman–Crippen MR) is 66.2 cm³/mol. The maximum atomic E-state index is 11.4. The largest absolute Gasteiger partial charge is 0.349 e. The number of carbonyl (C=O) groups is 2. The molecule has 0 aromatic rings.